The van der Waals surface area contributed by atoms with Crippen molar-refractivity contribution in [3.63, 3.8) is 0 Å². The number of anilines is 1. The van der Waals surface area contributed by atoms with Crippen LogP contribution in [0.5, 0.6) is 5.75 Å². The molecule has 3 fully saturated rings. The molecule has 4 aliphatic rings. The van der Waals surface area contributed by atoms with Gasteiger partial charge < -0.3 is 24.4 Å². The van der Waals surface area contributed by atoms with Crippen LogP contribution in [0.4, 0.5) is 10.5 Å². The first-order valence-corrected chi connectivity index (χ1v) is 17.4. The number of benzene rings is 2. The number of pyridine rings is 1. The van der Waals surface area contributed by atoms with Crippen LogP contribution in [0.3, 0.4) is 0 Å². The molecule has 5 heterocycles. The van der Waals surface area contributed by atoms with Gasteiger partial charge in [0.05, 0.1) is 12.2 Å². The van der Waals surface area contributed by atoms with E-state index in [-0.39, 0.29) is 36.5 Å². The highest BCUT2D eigenvalue weighted by molar-refractivity contribution is 6.05. The lowest BCUT2D eigenvalue weighted by Crippen LogP contribution is -2.52. The van der Waals surface area contributed by atoms with Gasteiger partial charge in [-0.1, -0.05) is 12.1 Å². The summed E-state index contributed by atoms with van der Waals surface area (Å²) in [5.41, 5.74) is 4.93. The van der Waals surface area contributed by atoms with Gasteiger partial charge in [-0.15, -0.1) is 0 Å². The maximum absolute atomic E-state index is 13.1. The van der Waals surface area contributed by atoms with Gasteiger partial charge >= 0.3 is 6.09 Å². The van der Waals surface area contributed by atoms with E-state index in [1.807, 2.05) is 42.5 Å². The van der Waals surface area contributed by atoms with Crippen molar-refractivity contribution in [1.82, 2.24) is 19.8 Å². The highest BCUT2D eigenvalue weighted by atomic mass is 16.5. The van der Waals surface area contributed by atoms with Gasteiger partial charge in [0, 0.05) is 67.1 Å². The summed E-state index contributed by atoms with van der Waals surface area (Å²) >= 11 is 0. The van der Waals surface area contributed by atoms with Gasteiger partial charge in [-0.3, -0.25) is 19.7 Å². The largest absolute Gasteiger partial charge is 0.490 e. The summed E-state index contributed by atoms with van der Waals surface area (Å²) in [4.78, 5) is 56.8. The van der Waals surface area contributed by atoms with Crippen LogP contribution in [-0.4, -0.2) is 80.8 Å². The van der Waals surface area contributed by atoms with Gasteiger partial charge in [0.25, 0.3) is 5.91 Å². The van der Waals surface area contributed by atoms with Crippen LogP contribution in [0.2, 0.25) is 0 Å². The van der Waals surface area contributed by atoms with E-state index in [9.17, 15) is 24.3 Å². The van der Waals surface area contributed by atoms with Crippen LogP contribution in [0.1, 0.15) is 67.3 Å². The van der Waals surface area contributed by atoms with E-state index in [0.29, 0.717) is 24.2 Å². The van der Waals surface area contributed by atoms with Crippen molar-refractivity contribution < 1.29 is 33.8 Å². The van der Waals surface area contributed by atoms with Gasteiger partial charge in [-0.2, -0.15) is 0 Å². The molecule has 1 unspecified atom stereocenters. The fourth-order valence-corrected chi connectivity index (χ4v) is 7.87. The Kier molecular flexibility index (Phi) is 8.47. The van der Waals surface area contributed by atoms with Crippen molar-refractivity contribution >= 4 is 40.5 Å². The lowest BCUT2D eigenvalue weighted by atomic mass is 9.94. The summed E-state index contributed by atoms with van der Waals surface area (Å²) in [5, 5.41) is 12.5. The highest BCUT2D eigenvalue weighted by Crippen LogP contribution is 2.34. The zero-order valence-corrected chi connectivity index (χ0v) is 27.6. The fraction of sp³-hybridized carbons (Fsp3) is 0.395. The number of piperidine rings is 2. The number of amides is 3. The third-order valence-corrected chi connectivity index (χ3v) is 10.5. The molecule has 0 spiro atoms. The van der Waals surface area contributed by atoms with Gasteiger partial charge in [-0.25, -0.2) is 14.3 Å². The molecule has 1 aliphatic carbocycles. The molecule has 0 bridgehead atoms. The predicted octanol–water partition coefficient (Wildman–Crippen LogP) is 5.37. The summed E-state index contributed by atoms with van der Waals surface area (Å²) in [5.74, 6) is -0.0131. The molecule has 2 saturated heterocycles. The molecule has 8 rings (SSSR count). The van der Waals surface area contributed by atoms with Crippen molar-refractivity contribution in [3.05, 3.63) is 78.1 Å². The van der Waals surface area contributed by atoms with E-state index in [4.69, 9.17) is 9.47 Å². The summed E-state index contributed by atoms with van der Waals surface area (Å²) < 4.78 is 14.2. The monoisotopic (exact) mass is 677 g/mol. The minimum Gasteiger partial charge on any atom is -0.490 e. The third-order valence-electron chi connectivity index (χ3n) is 10.5. The van der Waals surface area contributed by atoms with Crippen LogP contribution in [0, 0.1) is 0 Å². The quantitative estimate of drug-likeness (QED) is 0.247. The van der Waals surface area contributed by atoms with E-state index in [1.165, 1.54) is 6.20 Å². The molecule has 3 aliphatic heterocycles. The first kappa shape index (κ1) is 32.0. The molecule has 0 radical (unpaired) electrons. The summed E-state index contributed by atoms with van der Waals surface area (Å²) in [7, 11) is 0. The zero-order valence-electron chi connectivity index (χ0n) is 27.6. The second-order valence-electron chi connectivity index (χ2n) is 13.7. The average molecular weight is 678 g/mol. The Hall–Kier alpha value is -5.23. The molecule has 4 aromatic rings. The normalized spacial score (nSPS) is 22.9. The first-order valence-electron chi connectivity index (χ1n) is 17.4. The Morgan fingerprint density at radius 3 is 2.46 bits per heavy atom. The molecule has 3 amide bonds. The third kappa shape index (κ3) is 6.31. The van der Waals surface area contributed by atoms with Crippen molar-refractivity contribution in [1.29, 1.82) is 0 Å². The van der Waals surface area contributed by atoms with E-state index in [2.05, 4.69) is 21.3 Å². The number of hydrogen-bond donors (Lipinski definition) is 2. The first-order chi connectivity index (χ1) is 24.3. The SMILES string of the molecule is O=C1CCC(N2Cc3cc(N4CCC(O[C@H]5CCC[C@@H](Oc6ccc(-c7cnc8c(ccn8C(=O)O)c7)cc6)C5)CC4)ccc3C2=O)C(=O)N1. The maximum atomic E-state index is 13.1. The number of rotatable bonds is 7. The Bertz CT molecular complexity index is 1970. The topological polar surface area (TPSA) is 143 Å². The number of carbonyl (C=O) groups excluding carboxylic acids is 3. The van der Waals surface area contributed by atoms with Crippen LogP contribution < -0.4 is 15.0 Å². The number of carboxylic acid groups (broad SMARTS) is 1. The number of imide groups is 1. The minimum absolute atomic E-state index is 0.0855. The van der Waals surface area contributed by atoms with E-state index in [0.717, 1.165) is 89.7 Å². The number of nitrogens with zero attached hydrogens (tertiary/aromatic N) is 4. The maximum Gasteiger partial charge on any atom is 0.417 e. The number of fused-ring (bicyclic) bond motifs is 2. The number of nitrogens with one attached hydrogen (secondary N) is 1. The molecule has 2 aromatic heterocycles. The fourth-order valence-electron chi connectivity index (χ4n) is 7.87. The second kappa shape index (κ2) is 13.2. The molecule has 2 N–H and O–H groups in total. The molecular formula is C38H39N5O7. The van der Waals surface area contributed by atoms with Crippen LogP contribution in [0.15, 0.2) is 67.0 Å². The number of ether oxygens (including phenoxy) is 2. The van der Waals surface area contributed by atoms with Gasteiger partial charge in [0.2, 0.25) is 11.8 Å². The van der Waals surface area contributed by atoms with E-state index >= 15 is 0 Å². The van der Waals surface area contributed by atoms with Gasteiger partial charge in [0.1, 0.15) is 23.5 Å². The highest BCUT2D eigenvalue weighted by Gasteiger charge is 2.39. The molecule has 50 heavy (non-hydrogen) atoms. The Labute approximate surface area is 289 Å². The van der Waals surface area contributed by atoms with Crippen LogP contribution in [0.25, 0.3) is 22.2 Å². The number of carbonyl (C=O) groups is 4. The van der Waals surface area contributed by atoms with Crippen molar-refractivity contribution in [2.75, 3.05) is 18.0 Å². The molecule has 2 aromatic carbocycles. The molecular weight excluding hydrogens is 638 g/mol. The molecule has 258 valence electrons. The Balaban J connectivity index is 0.823. The Morgan fingerprint density at radius 1 is 0.880 bits per heavy atom. The van der Waals surface area contributed by atoms with Gasteiger partial charge in [0.15, 0.2) is 0 Å². The summed E-state index contributed by atoms with van der Waals surface area (Å²) in [6.07, 6.45) is 8.94. The van der Waals surface area contributed by atoms with Crippen molar-refractivity contribution in [2.45, 2.75) is 82.3 Å². The summed E-state index contributed by atoms with van der Waals surface area (Å²) in [6, 6.07) is 17.0. The smallest absolute Gasteiger partial charge is 0.417 e. The summed E-state index contributed by atoms with van der Waals surface area (Å²) in [6.45, 7) is 2.10. The molecule has 1 saturated carbocycles. The lowest BCUT2D eigenvalue weighted by Gasteiger charge is -2.37. The lowest BCUT2D eigenvalue weighted by molar-refractivity contribution is -0.136. The van der Waals surface area contributed by atoms with Crippen molar-refractivity contribution in [2.24, 2.45) is 0 Å². The molecule has 3 atom stereocenters. The predicted molar refractivity (Wildman–Crippen MR) is 184 cm³/mol. The van der Waals surface area contributed by atoms with E-state index < -0.39 is 18.0 Å². The number of aromatic nitrogens is 2. The van der Waals surface area contributed by atoms with Gasteiger partial charge in [-0.05, 0) is 92.1 Å². The zero-order chi connectivity index (χ0) is 34.4. The molecule has 12 heteroatoms. The second-order valence-corrected chi connectivity index (χ2v) is 13.7. The van der Waals surface area contributed by atoms with Crippen molar-refractivity contribution in [3.8, 4) is 16.9 Å². The van der Waals surface area contributed by atoms with E-state index in [1.54, 1.807) is 17.2 Å². The Morgan fingerprint density at radius 2 is 1.68 bits per heavy atom. The van der Waals surface area contributed by atoms with Crippen LogP contribution in [-0.2, 0) is 20.9 Å². The molecule has 12 nitrogen and oxygen atoms in total. The minimum atomic E-state index is -1.06. The number of hydrogen-bond acceptors (Lipinski definition) is 8. The van der Waals surface area contributed by atoms with Crippen LogP contribution >= 0.6 is 0 Å². The average Bonchev–Trinajstić information content (AvgIpc) is 3.69. The standard InChI is InChI=1S/C38H39N5O7/c44-34-11-10-33(36(45)40-34)43-22-26-19-27(6-9-32(26)37(43)46)41-15-13-29(14-16-41)50-31-3-1-2-30(20-31)49-28-7-4-23(5-8-28)25-18-24-12-17-42(38(47)48)35(24)39-21-25/h4-9,12,17-19,21,29-31,33H,1-3,10-11,13-16,20,22H2,(H,47,48)(H,40,44,45)/t30-,31+,33?/m1/s1.